The first-order valence-electron chi connectivity index (χ1n) is 11.4. The Balaban J connectivity index is 1.34. The topological polar surface area (TPSA) is 106 Å². The van der Waals surface area contributed by atoms with Gasteiger partial charge in [-0.05, 0) is 36.6 Å². The van der Waals surface area contributed by atoms with Crippen molar-refractivity contribution in [2.75, 3.05) is 26.9 Å². The third-order valence-electron chi connectivity index (χ3n) is 6.16. The lowest BCUT2D eigenvalue weighted by Gasteiger charge is -2.44. The first kappa shape index (κ1) is 23.6. The third-order valence-corrected chi connectivity index (χ3v) is 6.16. The van der Waals surface area contributed by atoms with Gasteiger partial charge in [0.1, 0.15) is 12.1 Å². The molecule has 0 radical (unpaired) electrons. The van der Waals surface area contributed by atoms with Crippen LogP contribution < -0.4 is 10.1 Å². The summed E-state index contributed by atoms with van der Waals surface area (Å²) in [5.74, 6) is 0.758. The molecule has 2 aliphatic heterocycles. The first-order chi connectivity index (χ1) is 16.1. The predicted molar refractivity (Wildman–Crippen MR) is 120 cm³/mol. The summed E-state index contributed by atoms with van der Waals surface area (Å²) < 4.78 is 17.3. The maximum atomic E-state index is 12.4. The van der Waals surface area contributed by atoms with Gasteiger partial charge in [0.25, 0.3) is 0 Å². The number of aliphatic hydroxyl groups excluding tert-OH is 1. The summed E-state index contributed by atoms with van der Waals surface area (Å²) in [6.07, 6.45) is 4.22. The molecule has 2 saturated heterocycles. The van der Waals surface area contributed by atoms with Crippen LogP contribution in [0, 0.1) is 0 Å². The van der Waals surface area contributed by atoms with Crippen LogP contribution in [0.15, 0.2) is 42.9 Å². The smallest absolute Gasteiger partial charge is 0.222 e. The second kappa shape index (κ2) is 11.5. The lowest BCUT2D eigenvalue weighted by molar-refractivity contribution is -0.158. The van der Waals surface area contributed by atoms with Gasteiger partial charge < -0.3 is 24.6 Å². The fourth-order valence-corrected chi connectivity index (χ4v) is 4.48. The monoisotopic (exact) mass is 456 g/mol. The fraction of sp³-hybridized carbons (Fsp3) is 0.542. The number of aromatic nitrogens is 2. The molecule has 33 heavy (non-hydrogen) atoms. The molecule has 2 aromatic rings. The Kier molecular flexibility index (Phi) is 8.22. The van der Waals surface area contributed by atoms with Gasteiger partial charge >= 0.3 is 0 Å². The van der Waals surface area contributed by atoms with Crippen molar-refractivity contribution in [1.82, 2.24) is 20.2 Å². The van der Waals surface area contributed by atoms with E-state index in [4.69, 9.17) is 14.2 Å². The van der Waals surface area contributed by atoms with Crippen molar-refractivity contribution in [3.63, 3.8) is 0 Å². The van der Waals surface area contributed by atoms with E-state index in [1.54, 1.807) is 19.4 Å². The minimum Gasteiger partial charge on any atom is -0.497 e. The van der Waals surface area contributed by atoms with Gasteiger partial charge in [-0.3, -0.25) is 9.69 Å². The summed E-state index contributed by atoms with van der Waals surface area (Å²) >= 11 is 0. The number of benzene rings is 1. The largest absolute Gasteiger partial charge is 0.497 e. The van der Waals surface area contributed by atoms with Crippen LogP contribution in [0.3, 0.4) is 0 Å². The molecule has 0 unspecified atom stereocenters. The first-order valence-corrected chi connectivity index (χ1v) is 11.4. The van der Waals surface area contributed by atoms with Gasteiger partial charge in [0.2, 0.25) is 5.91 Å². The van der Waals surface area contributed by atoms with Gasteiger partial charge in [0.05, 0.1) is 57.3 Å². The van der Waals surface area contributed by atoms with Crippen LogP contribution in [0.1, 0.15) is 30.5 Å². The highest BCUT2D eigenvalue weighted by molar-refractivity contribution is 5.76. The standard InChI is InChI=1S/C24H32N4O5/c1-31-20-4-2-17(3-5-20)12-28-13-19(29)14-32-15-23-22(28)7-6-21(33-23)10-24(30)26-11-18-8-9-25-16-27-18/h2-5,8-9,16,19,21-23,29H,6-7,10-15H2,1H3,(H,26,30)/t19-,21+,22-,23+/m0/s1. The van der Waals surface area contributed by atoms with Crippen LogP contribution in [-0.4, -0.2) is 77.1 Å². The molecule has 1 amide bonds. The molecule has 4 atom stereocenters. The minimum absolute atomic E-state index is 0.0608. The molecule has 1 aromatic carbocycles. The van der Waals surface area contributed by atoms with E-state index in [0.29, 0.717) is 32.7 Å². The van der Waals surface area contributed by atoms with E-state index in [9.17, 15) is 9.90 Å². The highest BCUT2D eigenvalue weighted by atomic mass is 16.5. The summed E-state index contributed by atoms with van der Waals surface area (Å²) in [5.41, 5.74) is 1.92. The van der Waals surface area contributed by atoms with E-state index in [1.807, 2.05) is 24.3 Å². The molecule has 9 nitrogen and oxygen atoms in total. The number of rotatable bonds is 7. The Morgan fingerprint density at radius 3 is 2.85 bits per heavy atom. The number of nitrogens with one attached hydrogen (secondary N) is 1. The Hall–Kier alpha value is -2.59. The number of amides is 1. The number of carbonyl (C=O) groups excluding carboxylic acids is 1. The zero-order valence-electron chi connectivity index (χ0n) is 18.9. The highest BCUT2D eigenvalue weighted by Crippen LogP contribution is 2.29. The number of ether oxygens (including phenoxy) is 3. The minimum atomic E-state index is -0.547. The number of nitrogens with zero attached hydrogens (tertiary/aromatic N) is 3. The van der Waals surface area contributed by atoms with Gasteiger partial charge in [0.15, 0.2) is 0 Å². The lowest BCUT2D eigenvalue weighted by Crippen LogP contribution is -2.55. The Bertz CT molecular complexity index is 882. The number of carbonyl (C=O) groups is 1. The van der Waals surface area contributed by atoms with Crippen LogP contribution in [0.25, 0.3) is 0 Å². The number of methoxy groups -OCH3 is 1. The molecule has 0 saturated carbocycles. The molecular formula is C24H32N4O5. The molecule has 178 valence electrons. The van der Waals surface area contributed by atoms with Gasteiger partial charge in [-0.15, -0.1) is 0 Å². The average molecular weight is 457 g/mol. The molecule has 9 heteroatoms. The number of hydrogen-bond donors (Lipinski definition) is 2. The Morgan fingerprint density at radius 2 is 2.09 bits per heavy atom. The summed E-state index contributed by atoms with van der Waals surface area (Å²) in [7, 11) is 1.65. The second-order valence-electron chi connectivity index (χ2n) is 8.59. The van der Waals surface area contributed by atoms with Crippen LogP contribution >= 0.6 is 0 Å². The van der Waals surface area contributed by atoms with Gasteiger partial charge in [0, 0.05) is 25.3 Å². The quantitative estimate of drug-likeness (QED) is 0.642. The van der Waals surface area contributed by atoms with Crippen LogP contribution in [-0.2, 0) is 27.4 Å². The summed E-state index contributed by atoms with van der Waals surface area (Å²) in [5, 5.41) is 13.3. The molecular weight excluding hydrogens is 424 g/mol. The predicted octanol–water partition coefficient (Wildman–Crippen LogP) is 1.30. The maximum Gasteiger partial charge on any atom is 0.222 e. The van der Waals surface area contributed by atoms with E-state index in [1.165, 1.54) is 6.33 Å². The van der Waals surface area contributed by atoms with Crippen molar-refractivity contribution in [3.8, 4) is 5.75 Å². The van der Waals surface area contributed by atoms with E-state index < -0.39 is 6.10 Å². The zero-order chi connectivity index (χ0) is 23.0. The van der Waals surface area contributed by atoms with E-state index in [0.717, 1.165) is 29.8 Å². The average Bonchev–Trinajstić information content (AvgIpc) is 2.83. The maximum absolute atomic E-state index is 12.4. The fourth-order valence-electron chi connectivity index (χ4n) is 4.48. The van der Waals surface area contributed by atoms with E-state index >= 15 is 0 Å². The Morgan fingerprint density at radius 1 is 1.24 bits per heavy atom. The van der Waals surface area contributed by atoms with Crippen LogP contribution in [0.5, 0.6) is 5.75 Å². The third kappa shape index (κ3) is 6.70. The van der Waals surface area contributed by atoms with Crippen molar-refractivity contribution in [3.05, 3.63) is 54.1 Å². The SMILES string of the molecule is COc1ccc(CN2C[C@H](O)COC[C@H]3O[C@@H](CC(=O)NCc4ccncn4)CC[C@@H]32)cc1. The normalized spacial score (nSPS) is 26.0. The molecule has 2 fully saturated rings. The van der Waals surface area contributed by atoms with Gasteiger partial charge in [-0.2, -0.15) is 0 Å². The van der Waals surface area contributed by atoms with Crippen molar-refractivity contribution in [2.24, 2.45) is 0 Å². The molecule has 3 heterocycles. The molecule has 2 aliphatic rings. The van der Waals surface area contributed by atoms with Crippen molar-refractivity contribution < 1.29 is 24.1 Å². The second-order valence-corrected chi connectivity index (χ2v) is 8.59. The van der Waals surface area contributed by atoms with Crippen LogP contribution in [0.2, 0.25) is 0 Å². The Labute approximate surface area is 194 Å². The van der Waals surface area contributed by atoms with E-state index in [-0.39, 0.29) is 30.8 Å². The molecule has 4 rings (SSSR count). The lowest BCUT2D eigenvalue weighted by atomic mass is 9.94. The summed E-state index contributed by atoms with van der Waals surface area (Å²) in [6.45, 7) is 2.27. The summed E-state index contributed by atoms with van der Waals surface area (Å²) in [4.78, 5) is 22.7. The molecule has 0 spiro atoms. The van der Waals surface area contributed by atoms with Crippen molar-refractivity contribution in [1.29, 1.82) is 0 Å². The molecule has 0 bridgehead atoms. The van der Waals surface area contributed by atoms with Crippen molar-refractivity contribution >= 4 is 5.91 Å². The van der Waals surface area contributed by atoms with Crippen LogP contribution in [0.4, 0.5) is 0 Å². The molecule has 2 N–H and O–H groups in total. The van der Waals surface area contributed by atoms with E-state index in [2.05, 4.69) is 20.2 Å². The number of β-amino-alcohol motifs (C(OH)–C–C–N with tert-alkyl or cyclic N) is 1. The van der Waals surface area contributed by atoms with Gasteiger partial charge in [-0.1, -0.05) is 12.1 Å². The molecule has 0 aliphatic carbocycles. The van der Waals surface area contributed by atoms with Crippen molar-refractivity contribution in [2.45, 2.75) is 56.7 Å². The molecule has 1 aromatic heterocycles. The van der Waals surface area contributed by atoms with Gasteiger partial charge in [-0.25, -0.2) is 9.97 Å². The number of hydrogen-bond acceptors (Lipinski definition) is 8. The number of aliphatic hydroxyl groups is 1. The highest BCUT2D eigenvalue weighted by Gasteiger charge is 2.38. The summed E-state index contributed by atoms with van der Waals surface area (Å²) in [6, 6.07) is 9.88. The number of fused-ring (bicyclic) bond motifs is 1. The zero-order valence-corrected chi connectivity index (χ0v) is 18.9.